The first-order valence-electron chi connectivity index (χ1n) is 12.1. The molecule has 1 heterocycles. The van der Waals surface area contributed by atoms with Crippen LogP contribution in [0.2, 0.25) is 0 Å². The molecule has 1 saturated carbocycles. The molecule has 2 aliphatic rings. The minimum Gasteiger partial charge on any atom is -0.336 e. The second kappa shape index (κ2) is 10.5. The molecule has 176 valence electrons. The first-order chi connectivity index (χ1) is 15.9. The maximum atomic E-state index is 14.1. The van der Waals surface area contributed by atoms with E-state index in [1.165, 1.54) is 17.7 Å². The van der Waals surface area contributed by atoms with E-state index in [0.717, 1.165) is 31.4 Å². The molecule has 1 N–H and O–H groups in total. The maximum Gasteiger partial charge on any atom is 0.256 e. The van der Waals surface area contributed by atoms with E-state index in [4.69, 9.17) is 0 Å². The Hall–Kier alpha value is -2.73. The van der Waals surface area contributed by atoms with Crippen LogP contribution in [-0.2, 0) is 4.79 Å². The van der Waals surface area contributed by atoms with Gasteiger partial charge in [0.25, 0.3) is 5.91 Å². The van der Waals surface area contributed by atoms with Crippen LogP contribution in [0.15, 0.2) is 48.5 Å². The molecule has 2 aromatic carbocycles. The number of benzene rings is 2. The predicted octanol–water partition coefficient (Wildman–Crippen LogP) is 4.90. The van der Waals surface area contributed by atoms with Crippen molar-refractivity contribution in [2.75, 3.05) is 31.5 Å². The van der Waals surface area contributed by atoms with Gasteiger partial charge in [0.1, 0.15) is 5.82 Å². The summed E-state index contributed by atoms with van der Waals surface area (Å²) in [5.41, 5.74) is 2.18. The highest BCUT2D eigenvalue weighted by Crippen LogP contribution is 2.32. The number of nitrogens with one attached hydrogen (secondary N) is 1. The van der Waals surface area contributed by atoms with Crippen LogP contribution in [0.3, 0.4) is 0 Å². The fraction of sp³-hybridized carbons (Fsp3) is 0.481. The summed E-state index contributed by atoms with van der Waals surface area (Å²) in [5, 5.41) is 3.14. The lowest BCUT2D eigenvalue weighted by molar-refractivity contribution is -0.123. The first kappa shape index (κ1) is 23.4. The second-order valence-electron chi connectivity index (χ2n) is 9.56. The standard InChI is InChI=1S/C27H34FN3O2/c1-19(2)20-11-13-22(14-12-20)29-26(32)25(21-7-3-4-8-21)30-15-17-31(18-16-30)27(33)23-9-5-6-10-24(23)28/h5-6,9-14,19,21,25H,3-4,7-8,15-18H2,1-2H3,(H,29,32)/t25-/m1/s1. The number of nitrogens with zero attached hydrogens (tertiary/aromatic N) is 2. The van der Waals surface area contributed by atoms with E-state index >= 15 is 0 Å². The minimum absolute atomic E-state index is 0.0353. The van der Waals surface area contributed by atoms with Gasteiger partial charge in [-0.15, -0.1) is 0 Å². The van der Waals surface area contributed by atoms with E-state index in [-0.39, 0.29) is 23.4 Å². The van der Waals surface area contributed by atoms with E-state index in [0.29, 0.717) is 38.0 Å². The van der Waals surface area contributed by atoms with Crippen LogP contribution < -0.4 is 5.32 Å². The first-order valence-corrected chi connectivity index (χ1v) is 12.1. The van der Waals surface area contributed by atoms with E-state index in [2.05, 4.69) is 36.2 Å². The van der Waals surface area contributed by atoms with Gasteiger partial charge in [-0.3, -0.25) is 14.5 Å². The van der Waals surface area contributed by atoms with Crippen LogP contribution in [0.1, 0.15) is 61.4 Å². The molecule has 2 fully saturated rings. The second-order valence-corrected chi connectivity index (χ2v) is 9.56. The maximum absolute atomic E-state index is 14.1. The summed E-state index contributed by atoms with van der Waals surface area (Å²) in [7, 11) is 0. The van der Waals surface area contributed by atoms with Crippen LogP contribution >= 0.6 is 0 Å². The van der Waals surface area contributed by atoms with E-state index in [1.807, 2.05) is 12.1 Å². The average Bonchev–Trinajstić information content (AvgIpc) is 3.34. The predicted molar refractivity (Wildman–Crippen MR) is 129 cm³/mol. The van der Waals surface area contributed by atoms with Gasteiger partial charge < -0.3 is 10.2 Å². The van der Waals surface area contributed by atoms with Gasteiger partial charge >= 0.3 is 0 Å². The van der Waals surface area contributed by atoms with Gasteiger partial charge in [-0.25, -0.2) is 4.39 Å². The highest BCUT2D eigenvalue weighted by atomic mass is 19.1. The topological polar surface area (TPSA) is 52.7 Å². The van der Waals surface area contributed by atoms with Gasteiger partial charge in [-0.2, -0.15) is 0 Å². The Morgan fingerprint density at radius 1 is 0.939 bits per heavy atom. The summed E-state index contributed by atoms with van der Waals surface area (Å²) in [6, 6.07) is 14.0. The number of piperazine rings is 1. The number of hydrogen-bond donors (Lipinski definition) is 1. The van der Waals surface area contributed by atoms with E-state index < -0.39 is 5.82 Å². The number of carbonyl (C=O) groups is 2. The minimum atomic E-state index is -0.489. The lowest BCUT2D eigenvalue weighted by Gasteiger charge is -2.40. The number of amides is 2. The summed E-state index contributed by atoms with van der Waals surface area (Å²) >= 11 is 0. The molecule has 1 atom stereocenters. The van der Waals surface area contributed by atoms with Gasteiger partial charge in [0.2, 0.25) is 5.91 Å². The summed E-state index contributed by atoms with van der Waals surface area (Å²) in [4.78, 5) is 30.1. The molecular weight excluding hydrogens is 417 g/mol. The number of hydrogen-bond acceptors (Lipinski definition) is 3. The quantitative estimate of drug-likeness (QED) is 0.679. The van der Waals surface area contributed by atoms with Crippen molar-refractivity contribution in [3.8, 4) is 0 Å². The molecule has 2 amide bonds. The third-order valence-electron chi connectivity index (χ3n) is 7.06. The molecule has 6 heteroatoms. The Balaban J connectivity index is 1.43. The summed E-state index contributed by atoms with van der Waals surface area (Å²) in [6.07, 6.45) is 4.42. The molecule has 4 rings (SSSR count). The number of carbonyl (C=O) groups excluding carboxylic acids is 2. The van der Waals surface area contributed by atoms with Crippen LogP contribution in [0.5, 0.6) is 0 Å². The van der Waals surface area contributed by atoms with Gasteiger partial charge in [-0.1, -0.05) is 51.0 Å². The third kappa shape index (κ3) is 5.44. The average molecular weight is 452 g/mol. The van der Waals surface area contributed by atoms with E-state index in [9.17, 15) is 14.0 Å². The molecule has 1 saturated heterocycles. The molecule has 33 heavy (non-hydrogen) atoms. The van der Waals surface area contributed by atoms with Gasteiger partial charge in [0, 0.05) is 31.9 Å². The molecule has 5 nitrogen and oxygen atoms in total. The number of halogens is 1. The molecule has 0 radical (unpaired) electrons. The number of anilines is 1. The van der Waals surface area contributed by atoms with Gasteiger partial charge in [-0.05, 0) is 54.5 Å². The van der Waals surface area contributed by atoms with E-state index in [1.54, 1.807) is 17.0 Å². The Kier molecular flexibility index (Phi) is 7.43. The molecule has 1 aliphatic heterocycles. The lowest BCUT2D eigenvalue weighted by atomic mass is 9.94. The smallest absolute Gasteiger partial charge is 0.256 e. The largest absolute Gasteiger partial charge is 0.336 e. The van der Waals surface area contributed by atoms with Crippen molar-refractivity contribution in [2.45, 2.75) is 51.5 Å². The molecule has 0 spiro atoms. The van der Waals surface area contributed by atoms with Gasteiger partial charge in [0.15, 0.2) is 0 Å². The fourth-order valence-electron chi connectivity index (χ4n) is 5.13. The normalized spacial score (nSPS) is 18.5. The monoisotopic (exact) mass is 451 g/mol. The zero-order valence-electron chi connectivity index (χ0n) is 19.6. The SMILES string of the molecule is CC(C)c1ccc(NC(=O)[C@@H](C2CCCC2)N2CCN(C(=O)c3ccccc3F)CC2)cc1. The molecule has 0 unspecified atom stereocenters. The van der Waals surface area contributed by atoms with Crippen molar-refractivity contribution in [1.29, 1.82) is 0 Å². The lowest BCUT2D eigenvalue weighted by Crippen LogP contribution is -2.57. The summed E-state index contributed by atoms with van der Waals surface area (Å²) in [6.45, 7) is 6.52. The van der Waals surface area contributed by atoms with Crippen LogP contribution in [-0.4, -0.2) is 53.8 Å². The molecular formula is C27H34FN3O2. The van der Waals surface area contributed by atoms with Crippen LogP contribution in [0, 0.1) is 11.7 Å². The zero-order valence-corrected chi connectivity index (χ0v) is 19.6. The zero-order chi connectivity index (χ0) is 23.4. The van der Waals surface area contributed by atoms with Gasteiger partial charge in [0.05, 0.1) is 11.6 Å². The van der Waals surface area contributed by atoms with Crippen molar-refractivity contribution >= 4 is 17.5 Å². The Morgan fingerprint density at radius 2 is 1.58 bits per heavy atom. The molecule has 0 aromatic heterocycles. The highest BCUT2D eigenvalue weighted by molar-refractivity contribution is 5.96. The van der Waals surface area contributed by atoms with Crippen molar-refractivity contribution < 1.29 is 14.0 Å². The summed E-state index contributed by atoms with van der Waals surface area (Å²) in [5.74, 6) is 0.0441. The van der Waals surface area contributed by atoms with Crippen molar-refractivity contribution in [3.05, 3.63) is 65.5 Å². The Labute approximate surface area is 196 Å². The fourth-order valence-corrected chi connectivity index (χ4v) is 5.13. The molecule has 0 bridgehead atoms. The highest BCUT2D eigenvalue weighted by Gasteiger charge is 2.37. The van der Waals surface area contributed by atoms with Crippen molar-refractivity contribution in [3.63, 3.8) is 0 Å². The third-order valence-corrected chi connectivity index (χ3v) is 7.06. The van der Waals surface area contributed by atoms with Crippen molar-refractivity contribution in [2.24, 2.45) is 5.92 Å². The number of rotatable bonds is 6. The summed E-state index contributed by atoms with van der Waals surface area (Å²) < 4.78 is 14.1. The van der Waals surface area contributed by atoms with Crippen molar-refractivity contribution in [1.82, 2.24) is 9.80 Å². The molecule has 1 aliphatic carbocycles. The van der Waals surface area contributed by atoms with Crippen LogP contribution in [0.4, 0.5) is 10.1 Å². The molecule has 2 aromatic rings. The van der Waals surface area contributed by atoms with Crippen LogP contribution in [0.25, 0.3) is 0 Å². The Morgan fingerprint density at radius 3 is 2.18 bits per heavy atom. The Bertz CT molecular complexity index is 962.